The minimum atomic E-state index is -1.93. The first-order valence-corrected chi connectivity index (χ1v) is 14.6. The Hall–Kier alpha value is -0.320. The fourth-order valence-corrected chi connectivity index (χ4v) is 4.14. The van der Waals surface area contributed by atoms with Crippen LogP contribution in [0.5, 0.6) is 0 Å². The number of hydrogen-bond donors (Lipinski definition) is 2. The van der Waals surface area contributed by atoms with Crippen molar-refractivity contribution in [3.05, 3.63) is 0 Å². The van der Waals surface area contributed by atoms with Crippen molar-refractivity contribution in [2.24, 2.45) is 0 Å². The predicted octanol–water partition coefficient (Wildman–Crippen LogP) is 4.62. The molecule has 1 saturated heterocycles. The first-order valence-electron chi connectivity index (χ1n) is 14.6. The quantitative estimate of drug-likeness (QED) is 0.188. The highest BCUT2D eigenvalue weighted by molar-refractivity contribution is 5.01. The predicted molar refractivity (Wildman–Crippen MR) is 141 cm³/mol. The number of unbranched alkanes of at least 4 members (excludes halogenated alkanes) is 5. The van der Waals surface area contributed by atoms with E-state index in [9.17, 15) is 10.2 Å². The van der Waals surface area contributed by atoms with Crippen LogP contribution >= 0.6 is 0 Å². The average Bonchev–Trinajstić information content (AvgIpc) is 2.88. The molecule has 0 spiro atoms. The summed E-state index contributed by atoms with van der Waals surface area (Å²) in [6.07, 6.45) is 6.23. The summed E-state index contributed by atoms with van der Waals surface area (Å²) in [7, 11) is 0. The van der Waals surface area contributed by atoms with Gasteiger partial charge in [0.25, 0.3) is 0 Å². The van der Waals surface area contributed by atoms with E-state index in [2.05, 4.69) is 34.6 Å². The molecular weight excluding hydrogens is 464 g/mol. The zero-order valence-electron chi connectivity index (χ0n) is 23.8. The van der Waals surface area contributed by atoms with Crippen molar-refractivity contribution in [3.8, 4) is 0 Å². The molecule has 0 aromatic carbocycles. The van der Waals surface area contributed by atoms with Gasteiger partial charge in [-0.15, -0.1) is 0 Å². The van der Waals surface area contributed by atoms with Gasteiger partial charge in [0, 0.05) is 33.0 Å². The lowest BCUT2D eigenvalue weighted by molar-refractivity contribution is -0.382. The van der Waals surface area contributed by atoms with E-state index in [1.54, 1.807) is 0 Å². The molecule has 0 saturated carbocycles. The topological polar surface area (TPSA) is 95.8 Å². The van der Waals surface area contributed by atoms with Gasteiger partial charge in [-0.1, -0.05) is 66.7 Å². The second-order valence-corrected chi connectivity index (χ2v) is 9.80. The Morgan fingerprint density at radius 2 is 1.19 bits per heavy atom. The Bertz CT molecular complexity index is 508. The Morgan fingerprint density at radius 1 is 0.694 bits per heavy atom. The fraction of sp³-hybridized carbons (Fsp3) is 1.00. The molecule has 1 aliphatic heterocycles. The highest BCUT2D eigenvalue weighted by Gasteiger charge is 2.57. The van der Waals surface area contributed by atoms with Crippen LogP contribution in [-0.2, 0) is 28.4 Å². The van der Waals surface area contributed by atoms with Crippen molar-refractivity contribution in [2.45, 2.75) is 135 Å². The fourth-order valence-electron chi connectivity index (χ4n) is 4.14. The summed E-state index contributed by atoms with van der Waals surface area (Å²) in [6, 6.07) is 0. The minimum Gasteiger partial charge on any atom is -0.391 e. The molecule has 216 valence electrons. The number of aliphatic hydroxyl groups is 2. The molecule has 2 unspecified atom stereocenters. The summed E-state index contributed by atoms with van der Waals surface area (Å²) in [5.41, 5.74) is 0. The van der Waals surface area contributed by atoms with E-state index in [4.69, 9.17) is 28.4 Å². The molecule has 0 aromatic rings. The Kier molecular flexibility index (Phi) is 19.3. The molecule has 0 aliphatic carbocycles. The molecule has 1 rings (SSSR count). The third kappa shape index (κ3) is 11.6. The normalized spacial score (nSPS) is 27.4. The first kappa shape index (κ1) is 33.7. The molecule has 1 fully saturated rings. The van der Waals surface area contributed by atoms with Crippen LogP contribution in [0.15, 0.2) is 0 Å². The monoisotopic (exact) mass is 520 g/mol. The summed E-state index contributed by atoms with van der Waals surface area (Å²) in [6.45, 7) is 12.9. The van der Waals surface area contributed by atoms with Crippen molar-refractivity contribution in [1.29, 1.82) is 0 Å². The summed E-state index contributed by atoms with van der Waals surface area (Å²) >= 11 is 0. The highest BCUT2D eigenvalue weighted by Crippen LogP contribution is 2.36. The molecule has 2 N–H and O–H groups in total. The lowest BCUT2D eigenvalue weighted by Crippen LogP contribution is -2.70. The lowest BCUT2D eigenvalue weighted by Gasteiger charge is -2.51. The van der Waals surface area contributed by atoms with E-state index >= 15 is 0 Å². The first-order chi connectivity index (χ1) is 17.5. The third-order valence-corrected chi connectivity index (χ3v) is 6.49. The Balaban J connectivity index is 3.31. The summed E-state index contributed by atoms with van der Waals surface area (Å²) in [5, 5.41) is 21.8. The Labute approximate surface area is 220 Å². The van der Waals surface area contributed by atoms with E-state index < -0.39 is 42.9 Å². The summed E-state index contributed by atoms with van der Waals surface area (Å²) in [5.74, 6) is -1.93. The number of ether oxygens (including phenoxy) is 6. The van der Waals surface area contributed by atoms with E-state index in [0.717, 1.165) is 64.2 Å². The lowest BCUT2D eigenvalue weighted by atomic mass is 9.89. The largest absolute Gasteiger partial charge is 0.391 e. The molecule has 1 aliphatic rings. The van der Waals surface area contributed by atoms with Crippen LogP contribution in [0.25, 0.3) is 0 Å². The van der Waals surface area contributed by atoms with E-state index in [1.165, 1.54) is 0 Å². The van der Waals surface area contributed by atoms with Gasteiger partial charge in [0.05, 0.1) is 13.2 Å². The van der Waals surface area contributed by atoms with Crippen LogP contribution in [0.1, 0.15) is 98.8 Å². The van der Waals surface area contributed by atoms with E-state index in [-0.39, 0.29) is 0 Å². The van der Waals surface area contributed by atoms with Gasteiger partial charge in [-0.3, -0.25) is 0 Å². The molecule has 0 radical (unpaired) electrons. The van der Waals surface area contributed by atoms with E-state index in [0.29, 0.717) is 39.6 Å². The van der Waals surface area contributed by atoms with Gasteiger partial charge in [0.2, 0.25) is 5.79 Å². The zero-order valence-corrected chi connectivity index (χ0v) is 23.8. The molecule has 36 heavy (non-hydrogen) atoms. The third-order valence-electron chi connectivity index (χ3n) is 6.49. The number of aliphatic hydroxyl groups excluding tert-OH is 1. The molecule has 6 atom stereocenters. The van der Waals surface area contributed by atoms with E-state index in [1.807, 2.05) is 0 Å². The van der Waals surface area contributed by atoms with Crippen LogP contribution in [-0.4, -0.2) is 92.8 Å². The van der Waals surface area contributed by atoms with Crippen molar-refractivity contribution in [3.63, 3.8) is 0 Å². The minimum absolute atomic E-state index is 0.312. The van der Waals surface area contributed by atoms with Crippen LogP contribution in [0, 0.1) is 0 Å². The van der Waals surface area contributed by atoms with Gasteiger partial charge in [-0.05, 0) is 32.1 Å². The maximum absolute atomic E-state index is 11.5. The van der Waals surface area contributed by atoms with Crippen LogP contribution in [0.3, 0.4) is 0 Å². The maximum atomic E-state index is 11.5. The average molecular weight is 521 g/mol. The number of hydrogen-bond acceptors (Lipinski definition) is 8. The van der Waals surface area contributed by atoms with Crippen molar-refractivity contribution >= 4 is 0 Å². The Morgan fingerprint density at radius 3 is 1.75 bits per heavy atom. The van der Waals surface area contributed by atoms with Crippen LogP contribution in [0.4, 0.5) is 0 Å². The van der Waals surface area contributed by atoms with Crippen LogP contribution in [0.2, 0.25) is 0 Å². The molecular formula is C28H56O8. The summed E-state index contributed by atoms with van der Waals surface area (Å²) in [4.78, 5) is 0. The molecule has 8 nitrogen and oxygen atoms in total. The second kappa shape index (κ2) is 20.6. The second-order valence-electron chi connectivity index (χ2n) is 9.80. The van der Waals surface area contributed by atoms with Crippen molar-refractivity contribution in [1.82, 2.24) is 0 Å². The van der Waals surface area contributed by atoms with Gasteiger partial charge < -0.3 is 38.6 Å². The maximum Gasteiger partial charge on any atom is 0.219 e. The van der Waals surface area contributed by atoms with Gasteiger partial charge in [0.1, 0.15) is 30.5 Å². The van der Waals surface area contributed by atoms with Gasteiger partial charge in [-0.2, -0.15) is 0 Å². The summed E-state index contributed by atoms with van der Waals surface area (Å²) < 4.78 is 37.4. The standard InChI is InChI=1S/C28H56O8/c1-6-11-16-31-21-23(32-17-12-7-2)24-25(33-18-13-8-3)26(34-19-14-9-4)27(35-20-15-10-5)28(30,22-29)36-24/h23-27,29-30H,6-22H2,1-5H3/t23-,24?,25-,26?,27-,28+/m1/s1. The van der Waals surface area contributed by atoms with Gasteiger partial charge in [0.15, 0.2) is 0 Å². The molecule has 0 amide bonds. The molecule has 0 aromatic heterocycles. The molecule has 1 heterocycles. The smallest absolute Gasteiger partial charge is 0.219 e. The zero-order chi connectivity index (χ0) is 26.7. The number of rotatable bonds is 23. The SMILES string of the molecule is CCCCOC[C@@H](OCCCC)C1O[C@@](O)(CO)[C@H](OCCCC)C(OCCCC)[C@@H]1OCCCC. The van der Waals surface area contributed by atoms with Crippen LogP contribution < -0.4 is 0 Å². The van der Waals surface area contributed by atoms with Crippen molar-refractivity contribution in [2.75, 3.05) is 46.2 Å². The van der Waals surface area contributed by atoms with Gasteiger partial charge >= 0.3 is 0 Å². The molecule has 8 heteroatoms. The van der Waals surface area contributed by atoms with Gasteiger partial charge in [-0.25, -0.2) is 0 Å². The van der Waals surface area contributed by atoms with Crippen molar-refractivity contribution < 1.29 is 38.6 Å². The molecule has 0 bridgehead atoms. The highest BCUT2D eigenvalue weighted by atomic mass is 16.7.